The van der Waals surface area contributed by atoms with Gasteiger partial charge in [-0.05, 0) is 44.5 Å². The van der Waals surface area contributed by atoms with Crippen molar-refractivity contribution in [3.8, 4) is 11.5 Å². The van der Waals surface area contributed by atoms with Crippen molar-refractivity contribution in [1.82, 2.24) is 20.2 Å². The van der Waals surface area contributed by atoms with Gasteiger partial charge >= 0.3 is 6.18 Å². The normalized spacial score (nSPS) is 22.2. The average Bonchev–Trinajstić information content (AvgIpc) is 3.16. The molecule has 0 bridgehead atoms. The van der Waals surface area contributed by atoms with Gasteiger partial charge in [-0.2, -0.15) is 18.3 Å². The molecule has 2 aromatic heterocycles. The molecule has 11 heteroatoms. The lowest BCUT2D eigenvalue weighted by atomic mass is 10.0. The summed E-state index contributed by atoms with van der Waals surface area (Å²) >= 11 is 0. The number of furan rings is 1. The summed E-state index contributed by atoms with van der Waals surface area (Å²) in [5, 5.41) is 8.23. The van der Waals surface area contributed by atoms with E-state index in [1.54, 1.807) is 0 Å². The lowest BCUT2D eigenvalue weighted by molar-refractivity contribution is -0.141. The number of hydrogen-bond acceptors (Lipinski definition) is 5. The van der Waals surface area contributed by atoms with Crippen LogP contribution in [0.4, 0.5) is 13.2 Å². The Morgan fingerprint density at radius 2 is 2.12 bits per heavy atom. The summed E-state index contributed by atoms with van der Waals surface area (Å²) in [6.45, 7) is 2.66. The molecular weight excluding hydrogens is 361 g/mol. The lowest BCUT2D eigenvalue weighted by Crippen LogP contribution is -2.46. The molecule has 2 unspecified atom stereocenters. The summed E-state index contributed by atoms with van der Waals surface area (Å²) in [6, 6.07) is 3.20. The van der Waals surface area contributed by atoms with Gasteiger partial charge in [0.15, 0.2) is 5.76 Å². The first-order chi connectivity index (χ1) is 11.6. The second-order valence-corrected chi connectivity index (χ2v) is 7.63. The van der Waals surface area contributed by atoms with E-state index in [9.17, 15) is 21.6 Å². The van der Waals surface area contributed by atoms with Crippen LogP contribution >= 0.6 is 0 Å². The van der Waals surface area contributed by atoms with E-state index in [1.165, 1.54) is 12.1 Å². The number of aromatic nitrogens is 2. The largest absolute Gasteiger partial charge is 0.442 e. The van der Waals surface area contributed by atoms with Gasteiger partial charge in [-0.3, -0.25) is 5.10 Å². The minimum atomic E-state index is -4.57. The molecule has 0 aliphatic carbocycles. The van der Waals surface area contributed by atoms with E-state index < -0.39 is 21.9 Å². The molecule has 1 saturated heterocycles. The summed E-state index contributed by atoms with van der Waals surface area (Å²) in [7, 11) is -3.90. The minimum Gasteiger partial charge on any atom is -0.442 e. The maximum Gasteiger partial charge on any atom is 0.432 e. The van der Waals surface area contributed by atoms with E-state index in [4.69, 9.17) is 4.42 Å². The van der Waals surface area contributed by atoms with Crippen LogP contribution in [0.5, 0.6) is 0 Å². The molecule has 2 atom stereocenters. The summed E-state index contributed by atoms with van der Waals surface area (Å²) in [5.41, 5.74) is -1.16. The van der Waals surface area contributed by atoms with E-state index >= 15 is 0 Å². The number of piperidine rings is 1. The monoisotopic (exact) mass is 378 g/mol. The second kappa shape index (κ2) is 6.46. The van der Waals surface area contributed by atoms with Gasteiger partial charge in [-0.25, -0.2) is 13.1 Å². The zero-order chi connectivity index (χ0) is 18.2. The predicted molar refractivity (Wildman–Crippen MR) is 82.1 cm³/mol. The average molecular weight is 378 g/mol. The van der Waals surface area contributed by atoms with Crippen LogP contribution in [0.2, 0.25) is 0 Å². The fourth-order valence-corrected chi connectivity index (χ4v) is 3.93. The smallest absolute Gasteiger partial charge is 0.432 e. The van der Waals surface area contributed by atoms with Crippen LogP contribution in [-0.4, -0.2) is 37.2 Å². The van der Waals surface area contributed by atoms with Gasteiger partial charge in [0.2, 0.25) is 5.09 Å². The highest BCUT2D eigenvalue weighted by molar-refractivity contribution is 7.89. The van der Waals surface area contributed by atoms with Crippen molar-refractivity contribution in [2.45, 2.75) is 43.1 Å². The summed E-state index contributed by atoms with van der Waals surface area (Å²) in [4.78, 5) is 0. The molecule has 25 heavy (non-hydrogen) atoms. The van der Waals surface area contributed by atoms with E-state index in [-0.39, 0.29) is 28.6 Å². The third kappa shape index (κ3) is 4.05. The number of alkyl halides is 3. The third-order valence-corrected chi connectivity index (χ3v) is 5.32. The van der Waals surface area contributed by atoms with Crippen molar-refractivity contribution in [2.24, 2.45) is 0 Å². The Labute approximate surface area is 142 Å². The van der Waals surface area contributed by atoms with Gasteiger partial charge in [-0.15, -0.1) is 0 Å². The Morgan fingerprint density at radius 3 is 2.76 bits per heavy atom. The first kappa shape index (κ1) is 18.0. The Bertz CT molecular complexity index is 844. The number of nitrogens with zero attached hydrogens (tertiary/aromatic N) is 1. The number of rotatable bonds is 4. The van der Waals surface area contributed by atoms with Gasteiger partial charge in [-0.1, -0.05) is 0 Å². The van der Waals surface area contributed by atoms with Crippen LogP contribution in [-0.2, 0) is 16.2 Å². The third-order valence-electron chi connectivity index (χ3n) is 3.93. The zero-order valence-corrected chi connectivity index (χ0v) is 14.0. The van der Waals surface area contributed by atoms with Crippen LogP contribution in [0.1, 0.15) is 25.5 Å². The van der Waals surface area contributed by atoms with Gasteiger partial charge < -0.3 is 9.73 Å². The van der Waals surface area contributed by atoms with E-state index in [0.29, 0.717) is 19.4 Å². The van der Waals surface area contributed by atoms with Crippen LogP contribution in [0.25, 0.3) is 11.5 Å². The molecule has 3 N–H and O–H groups in total. The highest BCUT2D eigenvalue weighted by Gasteiger charge is 2.34. The van der Waals surface area contributed by atoms with Crippen molar-refractivity contribution in [1.29, 1.82) is 0 Å². The van der Waals surface area contributed by atoms with Crippen LogP contribution < -0.4 is 10.0 Å². The summed E-state index contributed by atoms with van der Waals surface area (Å²) < 4.78 is 70.3. The minimum absolute atomic E-state index is 0.0641. The van der Waals surface area contributed by atoms with Gasteiger partial charge in [0.05, 0.1) is 0 Å². The maximum absolute atomic E-state index is 12.6. The molecule has 3 rings (SSSR count). The first-order valence-corrected chi connectivity index (χ1v) is 9.12. The fraction of sp³-hybridized carbons (Fsp3) is 0.500. The molecule has 7 nitrogen and oxygen atoms in total. The van der Waals surface area contributed by atoms with Gasteiger partial charge in [0.25, 0.3) is 10.0 Å². The number of hydrogen-bond donors (Lipinski definition) is 3. The first-order valence-electron chi connectivity index (χ1n) is 7.64. The van der Waals surface area contributed by atoms with Gasteiger partial charge in [0.1, 0.15) is 11.4 Å². The van der Waals surface area contributed by atoms with E-state index in [2.05, 4.69) is 15.1 Å². The molecule has 3 heterocycles. The molecule has 0 radical (unpaired) electrons. The summed E-state index contributed by atoms with van der Waals surface area (Å²) in [5.74, 6) is -0.0641. The molecule has 1 aliphatic rings. The molecule has 0 amide bonds. The fourth-order valence-electron chi connectivity index (χ4n) is 2.71. The molecule has 1 aliphatic heterocycles. The second-order valence-electron chi connectivity index (χ2n) is 5.98. The van der Waals surface area contributed by atoms with Crippen molar-refractivity contribution in [2.75, 3.05) is 6.54 Å². The Morgan fingerprint density at radius 1 is 1.36 bits per heavy atom. The van der Waals surface area contributed by atoms with Crippen molar-refractivity contribution >= 4 is 10.0 Å². The topological polar surface area (TPSA) is 100 Å². The molecule has 2 aromatic rings. The molecule has 138 valence electrons. The van der Waals surface area contributed by atoms with Crippen molar-refractivity contribution < 1.29 is 26.0 Å². The van der Waals surface area contributed by atoms with Crippen molar-refractivity contribution in [3.05, 3.63) is 23.9 Å². The lowest BCUT2D eigenvalue weighted by Gasteiger charge is -2.28. The highest BCUT2D eigenvalue weighted by Crippen LogP contribution is 2.31. The maximum atomic E-state index is 12.6. The molecular formula is C14H17F3N4O3S. The zero-order valence-electron chi connectivity index (χ0n) is 13.2. The number of sulfonamides is 1. The van der Waals surface area contributed by atoms with Gasteiger partial charge in [0, 0.05) is 12.1 Å². The highest BCUT2D eigenvalue weighted by atomic mass is 32.2. The SMILES string of the molecule is CC1CC(NS(=O)(=O)c2ccc(-c3cc(C(F)(F)F)[nH]n3)o2)CCN1. The Balaban J connectivity index is 1.77. The molecule has 0 spiro atoms. The number of aromatic amines is 1. The predicted octanol–water partition coefficient (Wildman–Crippen LogP) is 2.11. The number of nitrogens with one attached hydrogen (secondary N) is 3. The van der Waals surface area contributed by atoms with Crippen LogP contribution in [0.3, 0.4) is 0 Å². The number of H-pyrrole nitrogens is 1. The quantitative estimate of drug-likeness (QED) is 0.757. The molecule has 0 saturated carbocycles. The van der Waals surface area contributed by atoms with E-state index in [0.717, 1.165) is 6.07 Å². The standard InChI is InChI=1S/C14H17F3N4O3S/c1-8-6-9(4-5-18-8)21-25(22,23)13-3-2-11(24-13)10-7-12(20-19-10)14(15,16)17/h2-3,7-9,18,21H,4-6H2,1H3,(H,19,20). The Kier molecular flexibility index (Phi) is 4.64. The molecule has 0 aromatic carbocycles. The molecule has 1 fully saturated rings. The van der Waals surface area contributed by atoms with E-state index in [1.807, 2.05) is 12.0 Å². The summed E-state index contributed by atoms with van der Waals surface area (Å²) in [6.07, 6.45) is -3.29. The number of halogens is 3. The van der Waals surface area contributed by atoms with Crippen molar-refractivity contribution in [3.63, 3.8) is 0 Å². The van der Waals surface area contributed by atoms with Crippen LogP contribution in [0.15, 0.2) is 27.7 Å². The Hall–Kier alpha value is -1.85. The van der Waals surface area contributed by atoms with Crippen LogP contribution in [0, 0.1) is 0 Å².